The highest BCUT2D eigenvalue weighted by Gasteiger charge is 2.29. The number of likely N-dealkylation sites (N-methyl/N-ethyl adjacent to an activating group) is 1. The molecule has 0 saturated carbocycles. The van der Waals surface area contributed by atoms with Crippen LogP contribution in [0.5, 0.6) is 0 Å². The second kappa shape index (κ2) is 5.42. The molecule has 0 aromatic heterocycles. The van der Waals surface area contributed by atoms with Gasteiger partial charge in [-0.25, -0.2) is 0 Å². The van der Waals surface area contributed by atoms with Crippen LogP contribution in [0.3, 0.4) is 0 Å². The van der Waals surface area contributed by atoms with Crippen molar-refractivity contribution in [1.29, 1.82) is 0 Å². The molecule has 0 radical (unpaired) electrons. The maximum atomic E-state index is 12.1. The Morgan fingerprint density at radius 2 is 1.88 bits per heavy atom. The first kappa shape index (κ1) is 13.9. The van der Waals surface area contributed by atoms with Gasteiger partial charge in [-0.05, 0) is 36.5 Å². The van der Waals surface area contributed by atoms with Gasteiger partial charge in [-0.15, -0.1) is 0 Å². The first-order valence-electron chi connectivity index (χ1n) is 4.66. The molecule has 1 unspecified atom stereocenters. The number of carbonyl (C=O) groups excluding carboxylic acids is 1. The summed E-state index contributed by atoms with van der Waals surface area (Å²) in [5.74, 6) is -0.580. The SMILES string of the molecule is CNC(C(N)=O)c1ccc(SC(F)(F)F)cc1. The number of halogens is 3. The van der Waals surface area contributed by atoms with E-state index in [1.54, 1.807) is 7.05 Å². The van der Waals surface area contributed by atoms with Crippen LogP contribution in [-0.4, -0.2) is 18.5 Å². The summed E-state index contributed by atoms with van der Waals surface area (Å²) in [5.41, 5.74) is 1.35. The Labute approximate surface area is 101 Å². The second-order valence-corrected chi connectivity index (χ2v) is 4.38. The summed E-state index contributed by atoms with van der Waals surface area (Å²) in [4.78, 5) is 11.1. The van der Waals surface area contributed by atoms with E-state index in [-0.39, 0.29) is 16.7 Å². The zero-order valence-electron chi connectivity index (χ0n) is 8.91. The summed E-state index contributed by atoms with van der Waals surface area (Å²) in [6.45, 7) is 0. The Morgan fingerprint density at radius 1 is 1.35 bits per heavy atom. The number of hydrogen-bond donors (Lipinski definition) is 2. The van der Waals surface area contributed by atoms with Crippen molar-refractivity contribution < 1.29 is 18.0 Å². The van der Waals surface area contributed by atoms with E-state index >= 15 is 0 Å². The molecule has 17 heavy (non-hydrogen) atoms. The standard InChI is InChI=1S/C10H11F3N2OS/c1-15-8(9(14)16)6-2-4-7(5-3-6)17-10(11,12)13/h2-5,8,15H,1H3,(H2,14,16). The van der Waals surface area contributed by atoms with Crippen molar-refractivity contribution in [2.75, 3.05) is 7.05 Å². The highest BCUT2D eigenvalue weighted by atomic mass is 32.2. The van der Waals surface area contributed by atoms with Gasteiger partial charge in [0.2, 0.25) is 5.91 Å². The van der Waals surface area contributed by atoms with Crippen molar-refractivity contribution in [1.82, 2.24) is 5.32 Å². The zero-order chi connectivity index (χ0) is 13.1. The fourth-order valence-electron chi connectivity index (χ4n) is 1.34. The fourth-order valence-corrected chi connectivity index (χ4v) is 1.87. The lowest BCUT2D eigenvalue weighted by atomic mass is 10.1. The molecule has 0 saturated heterocycles. The highest BCUT2D eigenvalue weighted by molar-refractivity contribution is 8.00. The Balaban J connectivity index is 2.84. The van der Waals surface area contributed by atoms with Crippen molar-refractivity contribution in [2.45, 2.75) is 16.4 Å². The lowest BCUT2D eigenvalue weighted by Gasteiger charge is -2.13. The van der Waals surface area contributed by atoms with E-state index in [2.05, 4.69) is 5.32 Å². The van der Waals surface area contributed by atoms with Gasteiger partial charge in [0.05, 0.1) is 0 Å². The molecule has 1 aromatic carbocycles. The average molecular weight is 264 g/mol. The van der Waals surface area contributed by atoms with E-state index in [0.29, 0.717) is 5.56 Å². The van der Waals surface area contributed by atoms with E-state index < -0.39 is 17.5 Å². The fraction of sp³-hybridized carbons (Fsp3) is 0.300. The van der Waals surface area contributed by atoms with E-state index in [1.165, 1.54) is 24.3 Å². The molecule has 1 aromatic rings. The van der Waals surface area contributed by atoms with E-state index in [1.807, 2.05) is 0 Å². The molecule has 0 aliphatic heterocycles. The van der Waals surface area contributed by atoms with Gasteiger partial charge in [-0.1, -0.05) is 12.1 Å². The number of benzene rings is 1. The molecule has 3 nitrogen and oxygen atoms in total. The number of rotatable bonds is 4. The molecule has 0 bridgehead atoms. The van der Waals surface area contributed by atoms with Crippen LogP contribution < -0.4 is 11.1 Å². The van der Waals surface area contributed by atoms with E-state index in [4.69, 9.17) is 5.73 Å². The molecule has 94 valence electrons. The maximum Gasteiger partial charge on any atom is 0.446 e. The first-order chi connectivity index (χ1) is 7.83. The van der Waals surface area contributed by atoms with Gasteiger partial charge in [0, 0.05) is 4.90 Å². The molecule has 3 N–H and O–H groups in total. The number of alkyl halides is 3. The quantitative estimate of drug-likeness (QED) is 0.818. The minimum Gasteiger partial charge on any atom is -0.368 e. The van der Waals surface area contributed by atoms with Gasteiger partial charge in [-0.2, -0.15) is 13.2 Å². The molecule has 0 spiro atoms. The number of nitrogens with one attached hydrogen (secondary N) is 1. The minimum absolute atomic E-state index is 0.0700. The van der Waals surface area contributed by atoms with Gasteiger partial charge >= 0.3 is 5.51 Å². The third-order valence-corrected chi connectivity index (χ3v) is 2.76. The number of carbonyl (C=O) groups is 1. The molecule has 0 aliphatic rings. The van der Waals surface area contributed by atoms with Crippen LogP contribution in [0.1, 0.15) is 11.6 Å². The summed E-state index contributed by atoms with van der Waals surface area (Å²) in [7, 11) is 1.55. The third kappa shape index (κ3) is 4.27. The summed E-state index contributed by atoms with van der Waals surface area (Å²) in [5, 5.41) is 2.68. The Morgan fingerprint density at radius 3 is 2.24 bits per heavy atom. The van der Waals surface area contributed by atoms with Crippen molar-refractivity contribution in [3.8, 4) is 0 Å². The summed E-state index contributed by atoms with van der Waals surface area (Å²) >= 11 is -0.199. The lowest BCUT2D eigenvalue weighted by Crippen LogP contribution is -2.31. The normalized spacial score (nSPS) is 13.4. The molecular weight excluding hydrogens is 253 g/mol. The van der Waals surface area contributed by atoms with Gasteiger partial charge < -0.3 is 11.1 Å². The van der Waals surface area contributed by atoms with Crippen LogP contribution >= 0.6 is 11.8 Å². The number of hydrogen-bond acceptors (Lipinski definition) is 3. The van der Waals surface area contributed by atoms with Gasteiger partial charge in [0.25, 0.3) is 0 Å². The molecule has 1 atom stereocenters. The monoisotopic (exact) mass is 264 g/mol. The van der Waals surface area contributed by atoms with Gasteiger partial charge in [0.15, 0.2) is 0 Å². The molecule has 1 rings (SSSR count). The van der Waals surface area contributed by atoms with Crippen LogP contribution in [-0.2, 0) is 4.79 Å². The van der Waals surface area contributed by atoms with Crippen LogP contribution in [0.4, 0.5) is 13.2 Å². The molecule has 0 fully saturated rings. The van der Waals surface area contributed by atoms with Crippen LogP contribution in [0, 0.1) is 0 Å². The highest BCUT2D eigenvalue weighted by Crippen LogP contribution is 2.36. The Hall–Kier alpha value is -1.21. The third-order valence-electron chi connectivity index (χ3n) is 2.02. The van der Waals surface area contributed by atoms with Crippen LogP contribution in [0.25, 0.3) is 0 Å². The maximum absolute atomic E-state index is 12.1. The lowest BCUT2D eigenvalue weighted by molar-refractivity contribution is -0.120. The summed E-state index contributed by atoms with van der Waals surface area (Å²) in [6, 6.07) is 4.81. The van der Waals surface area contributed by atoms with Crippen LogP contribution in [0.2, 0.25) is 0 Å². The van der Waals surface area contributed by atoms with Crippen molar-refractivity contribution >= 4 is 17.7 Å². The van der Waals surface area contributed by atoms with Gasteiger partial charge in [-0.3, -0.25) is 4.79 Å². The van der Waals surface area contributed by atoms with Crippen LogP contribution in [0.15, 0.2) is 29.2 Å². The smallest absolute Gasteiger partial charge is 0.368 e. The Kier molecular flexibility index (Phi) is 4.41. The summed E-state index contributed by atoms with van der Waals surface area (Å²) < 4.78 is 36.2. The first-order valence-corrected chi connectivity index (χ1v) is 5.47. The van der Waals surface area contributed by atoms with Crippen molar-refractivity contribution in [2.24, 2.45) is 5.73 Å². The van der Waals surface area contributed by atoms with E-state index in [0.717, 1.165) is 0 Å². The largest absolute Gasteiger partial charge is 0.446 e. The molecule has 0 heterocycles. The summed E-state index contributed by atoms with van der Waals surface area (Å²) in [6.07, 6.45) is 0. The number of thioether (sulfide) groups is 1. The molecular formula is C10H11F3N2OS. The number of nitrogens with two attached hydrogens (primary N) is 1. The van der Waals surface area contributed by atoms with E-state index in [9.17, 15) is 18.0 Å². The zero-order valence-corrected chi connectivity index (χ0v) is 9.73. The predicted octanol–water partition coefficient (Wildman–Crippen LogP) is 2.04. The topological polar surface area (TPSA) is 55.1 Å². The molecule has 7 heteroatoms. The number of primary amides is 1. The average Bonchev–Trinajstić information content (AvgIpc) is 2.18. The number of amides is 1. The van der Waals surface area contributed by atoms with Crippen molar-refractivity contribution in [3.63, 3.8) is 0 Å². The Bertz CT molecular complexity index is 392. The minimum atomic E-state index is -4.31. The molecule has 0 aliphatic carbocycles. The second-order valence-electron chi connectivity index (χ2n) is 3.24. The predicted molar refractivity (Wildman–Crippen MR) is 59.3 cm³/mol. The molecule has 1 amide bonds. The van der Waals surface area contributed by atoms with Gasteiger partial charge in [0.1, 0.15) is 6.04 Å². The van der Waals surface area contributed by atoms with Crippen molar-refractivity contribution in [3.05, 3.63) is 29.8 Å².